The van der Waals surface area contributed by atoms with Crippen LogP contribution in [0.2, 0.25) is 0 Å². The zero-order valence-electron chi connectivity index (χ0n) is 12.9. The second-order valence-corrected chi connectivity index (χ2v) is 5.79. The third-order valence-corrected chi connectivity index (χ3v) is 4.17. The van der Waals surface area contributed by atoms with E-state index in [1.165, 1.54) is 12.1 Å². The summed E-state index contributed by atoms with van der Waals surface area (Å²) in [5, 5.41) is 21.0. The van der Waals surface area contributed by atoms with Crippen LogP contribution in [-0.4, -0.2) is 10.2 Å². The van der Waals surface area contributed by atoms with Crippen LogP contribution in [0.25, 0.3) is 33.4 Å². The first-order valence-electron chi connectivity index (χ1n) is 7.54. The van der Waals surface area contributed by atoms with Gasteiger partial charge in [-0.05, 0) is 30.7 Å². The Morgan fingerprint density at radius 3 is 2.42 bits per heavy atom. The first kappa shape index (κ1) is 14.3. The lowest BCUT2D eigenvalue weighted by atomic mass is 9.93. The highest BCUT2D eigenvalue weighted by Gasteiger charge is 2.22. The number of aromatic hydroxyl groups is 2. The predicted molar refractivity (Wildman–Crippen MR) is 92.6 cm³/mol. The molecule has 0 bridgehead atoms. The standard InChI is InChI=1S/C20H14O4/c1-11-5-7-12(8-6-11)17-13-3-2-4-16(22)19(13)24-20-14(17)9-10-15(21)18(20)23/h2-10,22-23H,1H3. The number of benzene rings is 3. The number of hydrogen-bond acceptors (Lipinski definition) is 4. The lowest BCUT2D eigenvalue weighted by Crippen LogP contribution is -2.02. The van der Waals surface area contributed by atoms with Crippen LogP contribution in [0, 0.1) is 6.92 Å². The summed E-state index contributed by atoms with van der Waals surface area (Å²) in [5.74, 6) is -0.420. The van der Waals surface area contributed by atoms with E-state index in [9.17, 15) is 15.0 Å². The van der Waals surface area contributed by atoms with Crippen LogP contribution in [0.1, 0.15) is 5.56 Å². The summed E-state index contributed by atoms with van der Waals surface area (Å²) in [4.78, 5) is 11.8. The number of para-hydroxylation sites is 1. The molecule has 1 aliphatic heterocycles. The first-order valence-corrected chi connectivity index (χ1v) is 7.54. The Labute approximate surface area is 137 Å². The molecule has 0 fully saturated rings. The van der Waals surface area contributed by atoms with Gasteiger partial charge in [0.25, 0.3) is 0 Å². The molecule has 0 saturated carbocycles. The van der Waals surface area contributed by atoms with Crippen LogP contribution in [-0.2, 0) is 0 Å². The molecule has 0 saturated heterocycles. The van der Waals surface area contributed by atoms with Crippen molar-refractivity contribution in [3.05, 3.63) is 70.4 Å². The molecule has 1 aliphatic carbocycles. The Hall–Kier alpha value is -3.27. The number of fused-ring (bicyclic) bond motifs is 2. The van der Waals surface area contributed by atoms with Gasteiger partial charge in [0.15, 0.2) is 17.1 Å². The van der Waals surface area contributed by atoms with Gasteiger partial charge in [-0.25, -0.2) is 0 Å². The van der Waals surface area contributed by atoms with Gasteiger partial charge in [0.2, 0.25) is 11.2 Å². The van der Waals surface area contributed by atoms with Crippen LogP contribution < -0.4 is 5.43 Å². The van der Waals surface area contributed by atoms with E-state index in [2.05, 4.69) is 0 Å². The fourth-order valence-corrected chi connectivity index (χ4v) is 2.96. The van der Waals surface area contributed by atoms with Crippen LogP contribution >= 0.6 is 0 Å². The van der Waals surface area contributed by atoms with Crippen molar-refractivity contribution in [3.63, 3.8) is 0 Å². The molecule has 0 spiro atoms. The minimum absolute atomic E-state index is 0.0431. The number of hydrogen-bond donors (Lipinski definition) is 2. The van der Waals surface area contributed by atoms with Crippen molar-refractivity contribution in [3.8, 4) is 33.9 Å². The molecule has 4 rings (SSSR count). The number of phenolic OH excluding ortho intramolecular Hbond substituents is 2. The molecule has 4 nitrogen and oxygen atoms in total. The SMILES string of the molecule is Cc1ccc(-c2c3ccc(=O)c(O)c-3oc3c(O)cccc23)cc1. The molecular formula is C20H14O4. The largest absolute Gasteiger partial charge is 0.504 e. The molecule has 0 radical (unpaired) electrons. The molecule has 0 atom stereocenters. The topological polar surface area (TPSA) is 70.7 Å². The summed E-state index contributed by atoms with van der Waals surface area (Å²) in [6, 6.07) is 16.0. The van der Waals surface area contributed by atoms with E-state index in [-0.39, 0.29) is 17.1 Å². The molecule has 4 heteroatoms. The maximum absolute atomic E-state index is 11.8. The molecule has 24 heavy (non-hydrogen) atoms. The van der Waals surface area contributed by atoms with Gasteiger partial charge in [-0.3, -0.25) is 4.79 Å². The Bertz CT molecular complexity index is 1090. The maximum atomic E-state index is 11.8. The summed E-state index contributed by atoms with van der Waals surface area (Å²) in [6.45, 7) is 2.00. The van der Waals surface area contributed by atoms with Crippen molar-refractivity contribution in [2.75, 3.05) is 0 Å². The average molecular weight is 318 g/mol. The molecule has 2 aromatic rings. The van der Waals surface area contributed by atoms with Crippen LogP contribution in [0.5, 0.6) is 11.5 Å². The summed E-state index contributed by atoms with van der Waals surface area (Å²) in [5.41, 5.74) is 3.18. The van der Waals surface area contributed by atoms with Crippen molar-refractivity contribution < 1.29 is 14.6 Å². The zero-order valence-corrected chi connectivity index (χ0v) is 12.9. The lowest BCUT2D eigenvalue weighted by Gasteiger charge is -2.16. The van der Waals surface area contributed by atoms with Gasteiger partial charge in [0.05, 0.1) is 0 Å². The first-order chi connectivity index (χ1) is 11.6. The molecule has 1 heterocycles. The third kappa shape index (κ3) is 2.04. The normalized spacial score (nSPS) is 11.2. The number of phenols is 2. The van der Waals surface area contributed by atoms with Gasteiger partial charge < -0.3 is 14.6 Å². The summed E-state index contributed by atoms with van der Waals surface area (Å²) >= 11 is 0. The molecule has 0 unspecified atom stereocenters. The number of aryl methyl sites for hydroxylation is 1. The number of rotatable bonds is 1. The van der Waals surface area contributed by atoms with Gasteiger partial charge >= 0.3 is 0 Å². The Morgan fingerprint density at radius 1 is 0.917 bits per heavy atom. The third-order valence-electron chi connectivity index (χ3n) is 4.17. The van der Waals surface area contributed by atoms with Gasteiger partial charge in [-0.15, -0.1) is 0 Å². The highest BCUT2D eigenvalue weighted by atomic mass is 16.4. The van der Waals surface area contributed by atoms with Gasteiger partial charge in [0, 0.05) is 16.5 Å². The van der Waals surface area contributed by atoms with E-state index in [1.54, 1.807) is 12.1 Å². The minimum atomic E-state index is -0.518. The van der Waals surface area contributed by atoms with Crippen molar-refractivity contribution in [2.45, 2.75) is 6.92 Å². The van der Waals surface area contributed by atoms with E-state index in [0.29, 0.717) is 10.9 Å². The summed E-state index contributed by atoms with van der Waals surface area (Å²) in [7, 11) is 0. The average Bonchev–Trinajstić information content (AvgIpc) is 2.58. The fraction of sp³-hybridized carbons (Fsp3) is 0.0500. The monoisotopic (exact) mass is 318 g/mol. The molecular weight excluding hydrogens is 304 g/mol. The highest BCUT2D eigenvalue weighted by molar-refractivity contribution is 6.04. The Balaban J connectivity index is 2.23. The fourth-order valence-electron chi connectivity index (χ4n) is 2.96. The van der Waals surface area contributed by atoms with Crippen molar-refractivity contribution in [1.82, 2.24) is 0 Å². The Kier molecular flexibility index (Phi) is 3.06. The quantitative estimate of drug-likeness (QED) is 0.514. The minimum Gasteiger partial charge on any atom is -0.504 e. The zero-order chi connectivity index (χ0) is 16.8. The van der Waals surface area contributed by atoms with E-state index >= 15 is 0 Å². The predicted octanol–water partition coefficient (Wildman–Crippen LogP) is 4.28. The molecule has 2 N–H and O–H groups in total. The van der Waals surface area contributed by atoms with E-state index in [4.69, 9.17) is 4.42 Å². The molecule has 0 amide bonds. The Morgan fingerprint density at radius 2 is 1.67 bits per heavy atom. The second-order valence-electron chi connectivity index (χ2n) is 5.79. The van der Waals surface area contributed by atoms with Crippen molar-refractivity contribution in [2.24, 2.45) is 0 Å². The van der Waals surface area contributed by atoms with Gasteiger partial charge in [0.1, 0.15) is 0 Å². The van der Waals surface area contributed by atoms with Gasteiger partial charge in [-0.1, -0.05) is 42.0 Å². The molecule has 2 aromatic carbocycles. The van der Waals surface area contributed by atoms with E-state index in [1.807, 2.05) is 37.3 Å². The second kappa shape index (κ2) is 5.13. The smallest absolute Gasteiger partial charge is 0.224 e. The van der Waals surface area contributed by atoms with Crippen molar-refractivity contribution >= 4 is 11.0 Å². The summed E-state index contributed by atoms with van der Waals surface area (Å²) < 4.78 is 5.67. The van der Waals surface area contributed by atoms with E-state index < -0.39 is 11.2 Å². The van der Waals surface area contributed by atoms with Gasteiger partial charge in [-0.2, -0.15) is 0 Å². The molecule has 118 valence electrons. The van der Waals surface area contributed by atoms with Crippen LogP contribution in [0.4, 0.5) is 0 Å². The van der Waals surface area contributed by atoms with Crippen LogP contribution in [0.15, 0.2) is 63.8 Å². The molecule has 2 aliphatic rings. The van der Waals surface area contributed by atoms with E-state index in [0.717, 1.165) is 16.7 Å². The summed E-state index contributed by atoms with van der Waals surface area (Å²) in [6.07, 6.45) is 0. The maximum Gasteiger partial charge on any atom is 0.224 e. The van der Waals surface area contributed by atoms with Crippen LogP contribution in [0.3, 0.4) is 0 Å². The van der Waals surface area contributed by atoms with Crippen molar-refractivity contribution in [1.29, 1.82) is 0 Å². The lowest BCUT2D eigenvalue weighted by molar-refractivity contribution is 0.440. The highest BCUT2D eigenvalue weighted by Crippen LogP contribution is 2.44. The molecule has 0 aromatic heterocycles.